The Morgan fingerprint density at radius 1 is 1.54 bits per heavy atom. The van der Waals surface area contributed by atoms with Crippen LogP contribution in [0.15, 0.2) is 25.0 Å². The molecule has 2 amide bonds. The lowest BCUT2D eigenvalue weighted by Gasteiger charge is -2.31. The number of rotatable bonds is 7. The number of carbonyl (C=O) groups excluding carboxylic acids is 2. The Bertz CT molecular complexity index is 865. The van der Waals surface area contributed by atoms with Crippen molar-refractivity contribution in [2.24, 2.45) is 0 Å². The maximum Gasteiger partial charge on any atom is 0.255 e. The molecule has 1 aliphatic rings. The summed E-state index contributed by atoms with van der Waals surface area (Å²) in [5.41, 5.74) is 1.33. The summed E-state index contributed by atoms with van der Waals surface area (Å²) in [6.07, 6.45) is 5.88. The van der Waals surface area contributed by atoms with E-state index in [1.165, 1.54) is 12.3 Å². The van der Waals surface area contributed by atoms with Gasteiger partial charge in [-0.05, 0) is 25.8 Å². The number of H-pyrrole nitrogens is 1. The van der Waals surface area contributed by atoms with Gasteiger partial charge in [0.1, 0.15) is 11.6 Å². The summed E-state index contributed by atoms with van der Waals surface area (Å²) < 4.78 is 11.0. The molecule has 9 heteroatoms. The number of nitrogens with zero attached hydrogens (tertiary/aromatic N) is 3. The van der Waals surface area contributed by atoms with Gasteiger partial charge in [0.05, 0.1) is 24.9 Å². The summed E-state index contributed by atoms with van der Waals surface area (Å²) >= 11 is 0. The molecule has 0 aromatic carbocycles. The van der Waals surface area contributed by atoms with Crippen molar-refractivity contribution in [3.63, 3.8) is 0 Å². The zero-order chi connectivity index (χ0) is 20.1. The Balaban J connectivity index is 1.74. The Morgan fingerprint density at radius 3 is 3.11 bits per heavy atom. The molecule has 28 heavy (non-hydrogen) atoms. The number of fused-ring (bicyclic) bond motifs is 1. The highest BCUT2D eigenvalue weighted by Gasteiger charge is 2.24. The maximum atomic E-state index is 12.5. The van der Waals surface area contributed by atoms with Gasteiger partial charge in [-0.15, -0.1) is 0 Å². The minimum atomic E-state index is -0.261. The molecule has 0 spiro atoms. The van der Waals surface area contributed by atoms with Gasteiger partial charge in [-0.2, -0.15) is 0 Å². The fourth-order valence-corrected chi connectivity index (χ4v) is 3.23. The highest BCUT2D eigenvalue weighted by molar-refractivity contribution is 6.04. The zero-order valence-electron chi connectivity index (χ0n) is 16.1. The van der Waals surface area contributed by atoms with Gasteiger partial charge in [0, 0.05) is 25.9 Å². The summed E-state index contributed by atoms with van der Waals surface area (Å²) in [4.78, 5) is 37.7. The van der Waals surface area contributed by atoms with Crippen molar-refractivity contribution in [3.8, 4) is 5.88 Å². The number of amides is 2. The SMILES string of the molecule is C=CC(=O)N1CCC[C@H](Oc2cnc3[nH]cc(C(=O)N[C@@H](C)COC)c3n2)C1. The highest BCUT2D eigenvalue weighted by Crippen LogP contribution is 2.21. The standard InChI is InChI=1S/C19H25N5O4/c1-4-16(25)24-7-5-6-13(10-24)28-15-9-21-18-17(23-15)14(8-20-18)19(26)22-12(2)11-27-3/h4,8-9,12-13H,1,5-7,10-11H2,2-3H3,(H,20,21)(H,22,26)/t12-,13-/m0/s1. The third-order valence-corrected chi connectivity index (χ3v) is 4.55. The molecular formula is C19H25N5O4. The number of hydrogen-bond acceptors (Lipinski definition) is 6. The molecule has 2 atom stereocenters. The zero-order valence-corrected chi connectivity index (χ0v) is 16.1. The summed E-state index contributed by atoms with van der Waals surface area (Å²) in [6, 6.07) is -0.134. The van der Waals surface area contributed by atoms with Crippen molar-refractivity contribution in [1.29, 1.82) is 0 Å². The number of piperidine rings is 1. The van der Waals surface area contributed by atoms with Crippen LogP contribution in [-0.2, 0) is 9.53 Å². The number of aromatic amines is 1. The van der Waals surface area contributed by atoms with E-state index in [9.17, 15) is 9.59 Å². The lowest BCUT2D eigenvalue weighted by atomic mass is 10.1. The first-order valence-electron chi connectivity index (χ1n) is 9.23. The fourth-order valence-electron chi connectivity index (χ4n) is 3.23. The number of aromatic nitrogens is 3. The van der Waals surface area contributed by atoms with Crippen LogP contribution >= 0.6 is 0 Å². The highest BCUT2D eigenvalue weighted by atomic mass is 16.5. The maximum absolute atomic E-state index is 12.5. The number of nitrogens with one attached hydrogen (secondary N) is 2. The van der Waals surface area contributed by atoms with Crippen molar-refractivity contribution in [1.82, 2.24) is 25.2 Å². The topological polar surface area (TPSA) is 109 Å². The lowest BCUT2D eigenvalue weighted by Crippen LogP contribution is -2.43. The second-order valence-electron chi connectivity index (χ2n) is 6.81. The third kappa shape index (κ3) is 4.48. The van der Waals surface area contributed by atoms with Crippen LogP contribution in [0.4, 0.5) is 0 Å². The number of ether oxygens (including phenoxy) is 2. The second kappa shape index (κ2) is 8.83. The van der Waals surface area contributed by atoms with Crippen LogP contribution in [-0.4, -0.2) is 70.6 Å². The van der Waals surface area contributed by atoms with Crippen LogP contribution in [0.2, 0.25) is 0 Å². The lowest BCUT2D eigenvalue weighted by molar-refractivity contribution is -0.128. The van der Waals surface area contributed by atoms with Crippen LogP contribution < -0.4 is 10.1 Å². The average molecular weight is 387 g/mol. The Morgan fingerprint density at radius 2 is 2.36 bits per heavy atom. The first-order chi connectivity index (χ1) is 13.5. The molecule has 0 unspecified atom stereocenters. The van der Waals surface area contributed by atoms with Crippen LogP contribution in [0, 0.1) is 0 Å². The number of likely N-dealkylation sites (tertiary alicyclic amines) is 1. The van der Waals surface area contributed by atoms with Gasteiger partial charge < -0.3 is 24.7 Å². The molecule has 3 heterocycles. The Hall–Kier alpha value is -2.94. The smallest absolute Gasteiger partial charge is 0.255 e. The first-order valence-corrected chi connectivity index (χ1v) is 9.23. The largest absolute Gasteiger partial charge is 0.471 e. The van der Waals surface area contributed by atoms with E-state index in [1.54, 1.807) is 18.2 Å². The minimum Gasteiger partial charge on any atom is -0.471 e. The molecule has 1 aliphatic heterocycles. The van der Waals surface area contributed by atoms with E-state index in [0.717, 1.165) is 12.8 Å². The average Bonchev–Trinajstić information content (AvgIpc) is 3.11. The van der Waals surface area contributed by atoms with E-state index in [0.29, 0.717) is 42.3 Å². The van der Waals surface area contributed by atoms with Gasteiger partial charge in [0.2, 0.25) is 11.8 Å². The number of methoxy groups -OCH3 is 1. The number of hydrogen-bond donors (Lipinski definition) is 2. The second-order valence-corrected chi connectivity index (χ2v) is 6.81. The molecule has 0 bridgehead atoms. The molecule has 150 valence electrons. The van der Waals surface area contributed by atoms with E-state index >= 15 is 0 Å². The molecule has 0 radical (unpaired) electrons. The van der Waals surface area contributed by atoms with Gasteiger partial charge in [-0.25, -0.2) is 9.97 Å². The van der Waals surface area contributed by atoms with Gasteiger partial charge in [-0.1, -0.05) is 6.58 Å². The normalized spacial score (nSPS) is 17.9. The molecule has 2 N–H and O–H groups in total. The Kier molecular flexibility index (Phi) is 6.25. The Labute approximate surface area is 163 Å². The van der Waals surface area contributed by atoms with Crippen LogP contribution in [0.5, 0.6) is 5.88 Å². The van der Waals surface area contributed by atoms with Crippen LogP contribution in [0.25, 0.3) is 11.2 Å². The minimum absolute atomic E-state index is 0.107. The molecule has 1 saturated heterocycles. The summed E-state index contributed by atoms with van der Waals surface area (Å²) in [5.74, 6) is -0.0451. The van der Waals surface area contributed by atoms with Gasteiger partial charge in [0.15, 0.2) is 5.65 Å². The van der Waals surface area contributed by atoms with Crippen LogP contribution in [0.1, 0.15) is 30.1 Å². The van der Waals surface area contributed by atoms with E-state index in [1.807, 2.05) is 6.92 Å². The summed E-state index contributed by atoms with van der Waals surface area (Å²) in [6.45, 7) is 6.96. The van der Waals surface area contributed by atoms with Gasteiger partial charge in [-0.3, -0.25) is 9.59 Å². The molecule has 3 rings (SSSR count). The molecular weight excluding hydrogens is 362 g/mol. The molecule has 0 aliphatic carbocycles. The molecule has 2 aromatic rings. The van der Waals surface area contributed by atoms with E-state index in [2.05, 4.69) is 26.8 Å². The summed E-state index contributed by atoms with van der Waals surface area (Å²) in [7, 11) is 1.58. The summed E-state index contributed by atoms with van der Waals surface area (Å²) in [5, 5.41) is 2.85. The molecule has 9 nitrogen and oxygen atoms in total. The van der Waals surface area contributed by atoms with Crippen molar-refractivity contribution in [2.75, 3.05) is 26.8 Å². The first kappa shape index (κ1) is 19.8. The number of carbonyl (C=O) groups is 2. The molecule has 1 fully saturated rings. The van der Waals surface area contributed by atoms with Crippen molar-refractivity contribution in [2.45, 2.75) is 31.9 Å². The molecule has 0 saturated carbocycles. The quantitative estimate of drug-likeness (QED) is 0.693. The molecule has 2 aromatic heterocycles. The van der Waals surface area contributed by atoms with E-state index in [-0.39, 0.29) is 24.0 Å². The predicted octanol–water partition coefficient (Wildman–Crippen LogP) is 1.28. The predicted molar refractivity (Wildman–Crippen MR) is 103 cm³/mol. The van der Waals surface area contributed by atoms with Gasteiger partial charge in [0.25, 0.3) is 5.91 Å². The van der Waals surface area contributed by atoms with Crippen molar-refractivity contribution >= 4 is 23.0 Å². The van der Waals surface area contributed by atoms with E-state index < -0.39 is 0 Å². The fraction of sp³-hybridized carbons (Fsp3) is 0.474. The van der Waals surface area contributed by atoms with Crippen LogP contribution in [0.3, 0.4) is 0 Å². The third-order valence-electron chi connectivity index (χ3n) is 4.55. The van der Waals surface area contributed by atoms with Crippen molar-refractivity contribution in [3.05, 3.63) is 30.6 Å². The van der Waals surface area contributed by atoms with Crippen molar-refractivity contribution < 1.29 is 19.1 Å². The monoisotopic (exact) mass is 387 g/mol. The van der Waals surface area contributed by atoms with Gasteiger partial charge >= 0.3 is 0 Å². The van der Waals surface area contributed by atoms with E-state index in [4.69, 9.17) is 9.47 Å².